The number of hydrogen-bond acceptors (Lipinski definition) is 5. The Kier molecular flexibility index (Phi) is 6.04. The Morgan fingerprint density at radius 2 is 1.70 bits per heavy atom. The number of esters is 1. The summed E-state index contributed by atoms with van der Waals surface area (Å²) >= 11 is 0. The fourth-order valence-electron chi connectivity index (χ4n) is 1.68. The van der Waals surface area contributed by atoms with Crippen LogP contribution in [0.4, 0.5) is 11.4 Å². The molecule has 8 nitrogen and oxygen atoms in total. The molecule has 0 spiro atoms. The SMILES string of the molecule is Cl.NC(N)=Nc1ccccc1C(=O)Oc1ccc([N+](=O)[O-])cc1. The standard InChI is InChI=1S/C14H12N4O4.ClH/c15-14(16)17-12-4-2-1-3-11(12)13(19)22-10-7-5-9(6-8-10)18(20)21;/h1-8H,(H4,15,16,17);1H. The third-order valence-corrected chi connectivity index (χ3v) is 2.63. The molecule has 0 bridgehead atoms. The summed E-state index contributed by atoms with van der Waals surface area (Å²) in [6.45, 7) is 0. The number of nitro groups is 1. The zero-order valence-electron chi connectivity index (χ0n) is 11.7. The minimum absolute atomic E-state index is 0. The molecule has 4 N–H and O–H groups in total. The van der Waals surface area contributed by atoms with Crippen molar-refractivity contribution in [2.45, 2.75) is 0 Å². The molecule has 0 unspecified atom stereocenters. The van der Waals surface area contributed by atoms with E-state index in [9.17, 15) is 14.9 Å². The minimum Gasteiger partial charge on any atom is -0.423 e. The first-order chi connectivity index (χ1) is 10.5. The largest absolute Gasteiger partial charge is 0.423 e. The maximum Gasteiger partial charge on any atom is 0.345 e. The van der Waals surface area contributed by atoms with Crippen molar-refractivity contribution in [3.8, 4) is 5.75 Å². The normalized spacial score (nSPS) is 9.39. The Hall–Kier alpha value is -3.13. The van der Waals surface area contributed by atoms with E-state index in [2.05, 4.69) is 4.99 Å². The Labute approximate surface area is 137 Å². The fraction of sp³-hybridized carbons (Fsp3) is 0. The number of nitrogens with zero attached hydrogens (tertiary/aromatic N) is 2. The molecule has 0 heterocycles. The van der Waals surface area contributed by atoms with Gasteiger partial charge in [-0.3, -0.25) is 10.1 Å². The summed E-state index contributed by atoms with van der Waals surface area (Å²) in [4.78, 5) is 26.0. The zero-order valence-corrected chi connectivity index (χ0v) is 12.5. The number of halogens is 1. The maximum atomic E-state index is 12.1. The van der Waals surface area contributed by atoms with E-state index in [1.807, 2.05) is 0 Å². The molecule has 0 aromatic heterocycles. The molecule has 0 aliphatic carbocycles. The second-order valence-electron chi connectivity index (χ2n) is 4.19. The van der Waals surface area contributed by atoms with Crippen LogP contribution in [0.15, 0.2) is 53.5 Å². The van der Waals surface area contributed by atoms with Gasteiger partial charge in [-0.05, 0) is 24.3 Å². The fourth-order valence-corrected chi connectivity index (χ4v) is 1.68. The molecule has 0 fully saturated rings. The second-order valence-corrected chi connectivity index (χ2v) is 4.19. The van der Waals surface area contributed by atoms with Gasteiger partial charge in [0, 0.05) is 12.1 Å². The van der Waals surface area contributed by atoms with Gasteiger partial charge in [0.15, 0.2) is 5.96 Å². The van der Waals surface area contributed by atoms with Crippen LogP contribution in [-0.2, 0) is 0 Å². The molecule has 0 saturated heterocycles. The number of para-hydroxylation sites is 1. The number of ether oxygens (including phenoxy) is 1. The first kappa shape index (κ1) is 17.9. The third kappa shape index (κ3) is 4.68. The Bertz CT molecular complexity index is 743. The summed E-state index contributed by atoms with van der Waals surface area (Å²) in [6.07, 6.45) is 0. The van der Waals surface area contributed by atoms with Gasteiger partial charge >= 0.3 is 5.97 Å². The molecule has 0 aliphatic heterocycles. The zero-order chi connectivity index (χ0) is 16.1. The number of benzene rings is 2. The van der Waals surface area contributed by atoms with E-state index in [1.165, 1.54) is 30.3 Å². The van der Waals surface area contributed by atoms with Gasteiger partial charge < -0.3 is 16.2 Å². The van der Waals surface area contributed by atoms with Crippen LogP contribution >= 0.6 is 12.4 Å². The van der Waals surface area contributed by atoms with Gasteiger partial charge in [0.2, 0.25) is 0 Å². The predicted octanol–water partition coefficient (Wildman–Crippen LogP) is 2.14. The van der Waals surface area contributed by atoms with Crippen LogP contribution in [0.1, 0.15) is 10.4 Å². The third-order valence-electron chi connectivity index (χ3n) is 2.63. The number of guanidine groups is 1. The van der Waals surface area contributed by atoms with Crippen LogP contribution in [0.5, 0.6) is 5.75 Å². The molecule has 0 atom stereocenters. The van der Waals surface area contributed by atoms with Crippen LogP contribution in [0, 0.1) is 10.1 Å². The minimum atomic E-state index is -0.672. The van der Waals surface area contributed by atoms with E-state index >= 15 is 0 Å². The van der Waals surface area contributed by atoms with E-state index in [1.54, 1.807) is 18.2 Å². The lowest BCUT2D eigenvalue weighted by Crippen LogP contribution is -2.22. The average Bonchev–Trinajstić information content (AvgIpc) is 2.47. The van der Waals surface area contributed by atoms with E-state index in [0.29, 0.717) is 0 Å². The molecule has 0 aliphatic rings. The summed E-state index contributed by atoms with van der Waals surface area (Å²) in [5.74, 6) is -0.680. The van der Waals surface area contributed by atoms with E-state index < -0.39 is 10.9 Å². The van der Waals surface area contributed by atoms with E-state index in [-0.39, 0.29) is 41.1 Å². The van der Waals surface area contributed by atoms with Gasteiger partial charge in [0.1, 0.15) is 5.75 Å². The molecule has 0 saturated carbocycles. The lowest BCUT2D eigenvalue weighted by Gasteiger charge is -2.06. The summed E-state index contributed by atoms with van der Waals surface area (Å²) in [6, 6.07) is 11.5. The first-order valence-corrected chi connectivity index (χ1v) is 6.12. The molecule has 120 valence electrons. The van der Waals surface area contributed by atoms with Gasteiger partial charge in [-0.15, -0.1) is 12.4 Å². The molecule has 0 amide bonds. The van der Waals surface area contributed by atoms with Crippen molar-refractivity contribution >= 4 is 35.7 Å². The van der Waals surface area contributed by atoms with Crippen molar-refractivity contribution in [1.29, 1.82) is 0 Å². The molecule has 0 radical (unpaired) electrons. The van der Waals surface area contributed by atoms with Gasteiger partial charge in [0.05, 0.1) is 16.2 Å². The highest BCUT2D eigenvalue weighted by atomic mass is 35.5. The average molecular weight is 337 g/mol. The van der Waals surface area contributed by atoms with Gasteiger partial charge in [-0.25, -0.2) is 9.79 Å². The summed E-state index contributed by atoms with van der Waals surface area (Å²) < 4.78 is 5.14. The summed E-state index contributed by atoms with van der Waals surface area (Å²) in [5.41, 5.74) is 11.0. The second kappa shape index (κ2) is 7.76. The maximum absolute atomic E-state index is 12.1. The first-order valence-electron chi connectivity index (χ1n) is 6.12. The molecule has 2 aromatic rings. The number of nitro benzene ring substituents is 1. The lowest BCUT2D eigenvalue weighted by molar-refractivity contribution is -0.384. The molecule has 9 heteroatoms. The van der Waals surface area contributed by atoms with Crippen LogP contribution < -0.4 is 16.2 Å². The summed E-state index contributed by atoms with van der Waals surface area (Å²) in [5, 5.41) is 10.6. The highest BCUT2D eigenvalue weighted by molar-refractivity contribution is 5.97. The number of rotatable bonds is 4. The Morgan fingerprint density at radius 1 is 1.09 bits per heavy atom. The smallest absolute Gasteiger partial charge is 0.345 e. The molecule has 23 heavy (non-hydrogen) atoms. The monoisotopic (exact) mass is 336 g/mol. The molecule has 2 rings (SSSR count). The van der Waals surface area contributed by atoms with E-state index in [0.717, 1.165) is 0 Å². The van der Waals surface area contributed by atoms with Gasteiger partial charge in [-0.1, -0.05) is 12.1 Å². The van der Waals surface area contributed by atoms with Crippen molar-refractivity contribution in [3.05, 3.63) is 64.2 Å². The van der Waals surface area contributed by atoms with Crippen molar-refractivity contribution in [1.82, 2.24) is 0 Å². The highest BCUT2D eigenvalue weighted by Crippen LogP contribution is 2.22. The number of aliphatic imine (C=N–C) groups is 1. The van der Waals surface area contributed by atoms with Crippen LogP contribution in [0.2, 0.25) is 0 Å². The van der Waals surface area contributed by atoms with Crippen molar-refractivity contribution in [3.63, 3.8) is 0 Å². The lowest BCUT2D eigenvalue weighted by atomic mass is 10.2. The predicted molar refractivity (Wildman–Crippen MR) is 87.2 cm³/mol. The number of non-ortho nitro benzene ring substituents is 1. The van der Waals surface area contributed by atoms with Crippen molar-refractivity contribution < 1.29 is 14.5 Å². The quantitative estimate of drug-likeness (QED) is 0.219. The number of carbonyl (C=O) groups excluding carboxylic acids is 1. The summed E-state index contributed by atoms with van der Waals surface area (Å²) in [7, 11) is 0. The van der Waals surface area contributed by atoms with Gasteiger partial charge in [-0.2, -0.15) is 0 Å². The number of hydrogen-bond donors (Lipinski definition) is 2. The molecular weight excluding hydrogens is 324 g/mol. The molecule has 2 aromatic carbocycles. The number of nitrogens with two attached hydrogens (primary N) is 2. The van der Waals surface area contributed by atoms with Crippen LogP contribution in [0.25, 0.3) is 0 Å². The topological polar surface area (TPSA) is 134 Å². The van der Waals surface area contributed by atoms with Gasteiger partial charge in [0.25, 0.3) is 5.69 Å². The van der Waals surface area contributed by atoms with E-state index in [4.69, 9.17) is 16.2 Å². The van der Waals surface area contributed by atoms with Crippen LogP contribution in [-0.4, -0.2) is 16.9 Å². The van der Waals surface area contributed by atoms with Crippen molar-refractivity contribution in [2.24, 2.45) is 16.5 Å². The Balaban J connectivity index is 0.00000264. The van der Waals surface area contributed by atoms with Crippen LogP contribution in [0.3, 0.4) is 0 Å². The Morgan fingerprint density at radius 3 is 2.26 bits per heavy atom. The molecular formula is C14H13ClN4O4. The number of carbonyl (C=O) groups is 1. The highest BCUT2D eigenvalue weighted by Gasteiger charge is 2.14. The van der Waals surface area contributed by atoms with Crippen molar-refractivity contribution in [2.75, 3.05) is 0 Å².